The van der Waals surface area contributed by atoms with Crippen molar-refractivity contribution in [3.8, 4) is 23.1 Å². The van der Waals surface area contributed by atoms with Gasteiger partial charge in [0.1, 0.15) is 23.7 Å². The maximum atomic E-state index is 15.0. The van der Waals surface area contributed by atoms with Gasteiger partial charge in [0.25, 0.3) is 0 Å². The van der Waals surface area contributed by atoms with Crippen LogP contribution in [0, 0.1) is 23.1 Å². The number of pyridine rings is 2. The molecule has 0 amide bonds. The second kappa shape index (κ2) is 9.94. The Labute approximate surface area is 235 Å². The number of benzene rings is 1. The van der Waals surface area contributed by atoms with Crippen molar-refractivity contribution in [1.82, 2.24) is 25.5 Å². The van der Waals surface area contributed by atoms with E-state index in [2.05, 4.69) is 43.4 Å². The molecule has 6 rings (SSSR count). The molecular weight excluding hydrogens is 540 g/mol. The van der Waals surface area contributed by atoms with Gasteiger partial charge in [-0.25, -0.2) is 9.37 Å². The molecule has 11 heteroatoms. The maximum absolute atomic E-state index is 15.0. The summed E-state index contributed by atoms with van der Waals surface area (Å²) in [7, 11) is 0. The third kappa shape index (κ3) is 5.00. The zero-order valence-corrected chi connectivity index (χ0v) is 22.9. The summed E-state index contributed by atoms with van der Waals surface area (Å²) in [6.07, 6.45) is 6.60. The van der Waals surface area contributed by atoms with Gasteiger partial charge < -0.3 is 15.0 Å². The van der Waals surface area contributed by atoms with E-state index >= 15 is 0 Å². The summed E-state index contributed by atoms with van der Waals surface area (Å²) < 4.78 is 20.9. The molecule has 4 aromatic rings. The number of fused-ring (bicyclic) bond motifs is 1. The fraction of sp³-hybridized carbons (Fsp3) is 0.357. The molecular formula is C28H26Cl2FN7O. The number of halogens is 3. The van der Waals surface area contributed by atoms with Gasteiger partial charge in [0.15, 0.2) is 11.6 Å². The third-order valence-corrected chi connectivity index (χ3v) is 7.97. The van der Waals surface area contributed by atoms with Crippen LogP contribution < -0.4 is 15.0 Å². The highest BCUT2D eigenvalue weighted by Crippen LogP contribution is 2.37. The van der Waals surface area contributed by atoms with Crippen molar-refractivity contribution in [3.05, 3.63) is 63.8 Å². The van der Waals surface area contributed by atoms with Crippen LogP contribution in [-0.4, -0.2) is 45.3 Å². The van der Waals surface area contributed by atoms with Crippen molar-refractivity contribution in [2.75, 3.05) is 24.5 Å². The normalized spacial score (nSPS) is 17.1. The van der Waals surface area contributed by atoms with E-state index in [0.29, 0.717) is 49.2 Å². The molecule has 8 nitrogen and oxygen atoms in total. The number of nitrogens with one attached hydrogen (secondary N) is 2. The topological polar surface area (TPSA) is 103 Å². The summed E-state index contributed by atoms with van der Waals surface area (Å²) in [5.41, 5.74) is 2.67. The van der Waals surface area contributed by atoms with Crippen molar-refractivity contribution < 1.29 is 9.13 Å². The molecule has 0 spiro atoms. The van der Waals surface area contributed by atoms with E-state index < -0.39 is 11.9 Å². The van der Waals surface area contributed by atoms with E-state index in [0.717, 1.165) is 25.6 Å². The summed E-state index contributed by atoms with van der Waals surface area (Å²) in [5.74, 6) is 0.917. The molecule has 39 heavy (non-hydrogen) atoms. The number of nitrogens with zero attached hydrogens (tertiary/aromatic N) is 5. The SMILES string of the molecule is C[C@@H](Oc1cc2c(-c3cnc(N4CC(C)(NCC5CC5)C4)c(C#N)c3)n[nH]c2cc1F)c1c(Cl)cncc1Cl. The minimum Gasteiger partial charge on any atom is -0.483 e. The Balaban J connectivity index is 1.26. The minimum absolute atomic E-state index is 0.0187. The van der Waals surface area contributed by atoms with Crippen LogP contribution in [0.25, 0.3) is 22.2 Å². The predicted octanol–water partition coefficient (Wildman–Crippen LogP) is 6.06. The number of hydrogen-bond acceptors (Lipinski definition) is 7. The van der Waals surface area contributed by atoms with Crippen molar-refractivity contribution in [2.24, 2.45) is 5.92 Å². The van der Waals surface area contributed by atoms with E-state index in [1.54, 1.807) is 25.3 Å². The Hall–Kier alpha value is -3.45. The van der Waals surface area contributed by atoms with Gasteiger partial charge in [0.05, 0.1) is 26.7 Å². The first-order valence-corrected chi connectivity index (χ1v) is 13.5. The van der Waals surface area contributed by atoms with E-state index in [1.165, 1.54) is 31.3 Å². The molecule has 2 N–H and O–H groups in total. The van der Waals surface area contributed by atoms with Gasteiger partial charge in [-0.05, 0) is 51.3 Å². The van der Waals surface area contributed by atoms with Gasteiger partial charge in [-0.2, -0.15) is 10.4 Å². The molecule has 1 aromatic carbocycles. The van der Waals surface area contributed by atoms with Crippen LogP contribution in [0.4, 0.5) is 10.2 Å². The third-order valence-electron chi connectivity index (χ3n) is 7.37. The van der Waals surface area contributed by atoms with Gasteiger partial charge in [-0.1, -0.05) is 23.2 Å². The molecule has 1 saturated carbocycles. The smallest absolute Gasteiger partial charge is 0.167 e. The first-order chi connectivity index (χ1) is 18.7. The fourth-order valence-electron chi connectivity index (χ4n) is 5.08. The Morgan fingerprint density at radius 2 is 1.97 bits per heavy atom. The second-order valence-electron chi connectivity index (χ2n) is 10.6. The lowest BCUT2D eigenvalue weighted by atomic mass is 9.91. The maximum Gasteiger partial charge on any atom is 0.167 e. The number of anilines is 1. The Kier molecular flexibility index (Phi) is 6.58. The average molecular weight is 566 g/mol. The summed E-state index contributed by atoms with van der Waals surface area (Å²) >= 11 is 12.5. The number of nitriles is 1. The minimum atomic E-state index is -0.637. The van der Waals surface area contributed by atoms with Crippen molar-refractivity contribution in [3.63, 3.8) is 0 Å². The van der Waals surface area contributed by atoms with Gasteiger partial charge in [-0.15, -0.1) is 0 Å². The number of aromatic amines is 1. The van der Waals surface area contributed by atoms with Crippen molar-refractivity contribution >= 4 is 39.9 Å². The number of ether oxygens (including phenoxy) is 1. The van der Waals surface area contributed by atoms with Crippen molar-refractivity contribution in [1.29, 1.82) is 5.26 Å². The molecule has 2 fully saturated rings. The van der Waals surface area contributed by atoms with Crippen LogP contribution in [0.2, 0.25) is 10.0 Å². The van der Waals surface area contributed by atoms with Crippen LogP contribution in [0.5, 0.6) is 5.75 Å². The largest absolute Gasteiger partial charge is 0.483 e. The zero-order chi connectivity index (χ0) is 27.3. The molecule has 2 aliphatic rings. The highest BCUT2D eigenvalue weighted by Gasteiger charge is 2.41. The van der Waals surface area contributed by atoms with Crippen LogP contribution in [0.15, 0.2) is 36.8 Å². The summed E-state index contributed by atoms with van der Waals surface area (Å²) in [6.45, 7) is 6.56. The summed E-state index contributed by atoms with van der Waals surface area (Å²) in [6, 6.07) is 6.96. The molecule has 1 aliphatic heterocycles. The number of rotatable bonds is 8. The van der Waals surface area contributed by atoms with Crippen LogP contribution in [0.1, 0.15) is 43.9 Å². The monoisotopic (exact) mass is 565 g/mol. The van der Waals surface area contributed by atoms with Gasteiger partial charge in [-0.3, -0.25) is 10.1 Å². The molecule has 0 radical (unpaired) electrons. The summed E-state index contributed by atoms with van der Waals surface area (Å²) in [4.78, 5) is 10.7. The highest BCUT2D eigenvalue weighted by atomic mass is 35.5. The molecule has 1 aliphatic carbocycles. The van der Waals surface area contributed by atoms with E-state index in [-0.39, 0.29) is 11.3 Å². The van der Waals surface area contributed by atoms with Crippen LogP contribution in [-0.2, 0) is 0 Å². The fourth-order valence-corrected chi connectivity index (χ4v) is 5.75. The quantitative estimate of drug-likeness (QED) is 0.268. The van der Waals surface area contributed by atoms with E-state index in [4.69, 9.17) is 27.9 Å². The van der Waals surface area contributed by atoms with Gasteiger partial charge in [0, 0.05) is 54.3 Å². The first kappa shape index (κ1) is 25.8. The predicted molar refractivity (Wildman–Crippen MR) is 149 cm³/mol. The number of hydrogen-bond donors (Lipinski definition) is 2. The molecule has 200 valence electrons. The molecule has 0 unspecified atom stereocenters. The molecule has 1 atom stereocenters. The van der Waals surface area contributed by atoms with Crippen LogP contribution in [0.3, 0.4) is 0 Å². The molecule has 3 aromatic heterocycles. The molecule has 4 heterocycles. The summed E-state index contributed by atoms with van der Waals surface area (Å²) in [5, 5.41) is 22.1. The molecule has 1 saturated heterocycles. The zero-order valence-electron chi connectivity index (χ0n) is 21.4. The standard InChI is InChI=1S/C28H26Cl2FN7O/c1-15(25-20(29)11-33-12-21(25)30)39-24-6-19-23(7-22(24)31)36-37-26(19)18-5-17(8-32)27(34-10-18)38-13-28(2,14-38)35-9-16-3-4-16/h5-7,10-12,15-16,35H,3-4,9,13-14H2,1-2H3,(H,36,37)/t15-/m1/s1. The van der Waals surface area contributed by atoms with Gasteiger partial charge >= 0.3 is 0 Å². The van der Waals surface area contributed by atoms with Crippen LogP contribution >= 0.6 is 23.2 Å². The van der Waals surface area contributed by atoms with Gasteiger partial charge in [0.2, 0.25) is 0 Å². The average Bonchev–Trinajstić information content (AvgIpc) is 3.64. The lowest BCUT2D eigenvalue weighted by Crippen LogP contribution is -2.68. The molecule has 0 bridgehead atoms. The van der Waals surface area contributed by atoms with E-state index in [1.807, 2.05) is 0 Å². The number of H-pyrrole nitrogens is 1. The lowest BCUT2D eigenvalue weighted by molar-refractivity contribution is 0.217. The highest BCUT2D eigenvalue weighted by molar-refractivity contribution is 6.35. The Morgan fingerprint density at radius 3 is 2.67 bits per heavy atom. The lowest BCUT2D eigenvalue weighted by Gasteiger charge is -2.49. The second-order valence-corrected chi connectivity index (χ2v) is 11.4. The Morgan fingerprint density at radius 1 is 1.23 bits per heavy atom. The Bertz CT molecular complexity index is 1590. The number of aromatic nitrogens is 4. The first-order valence-electron chi connectivity index (χ1n) is 12.8. The van der Waals surface area contributed by atoms with E-state index in [9.17, 15) is 9.65 Å². The van der Waals surface area contributed by atoms with Crippen molar-refractivity contribution in [2.45, 2.75) is 38.3 Å².